The zero-order chi connectivity index (χ0) is 22.5. The number of aliphatic carboxylic acids is 1. The standard InChI is InChI=1S/C22H21ClN4O5/c23-15-2-1-3-16(11-15)25-22-27-26-20(32-22)18(28)10-13-4-9-19(24-12-13)31-17-7-5-14(6-8-17)21(29)30/h1-4,9,11-12,14,17H,5-8,10H2,(H,25,27)(H,29,30). The Balaban J connectivity index is 1.29. The molecule has 1 aliphatic carbocycles. The molecule has 2 N–H and O–H groups in total. The van der Waals surface area contributed by atoms with E-state index in [9.17, 15) is 9.59 Å². The minimum Gasteiger partial charge on any atom is -0.481 e. The van der Waals surface area contributed by atoms with Gasteiger partial charge in [-0.1, -0.05) is 28.8 Å². The maximum atomic E-state index is 12.5. The van der Waals surface area contributed by atoms with Crippen molar-refractivity contribution in [1.29, 1.82) is 0 Å². The number of ketones is 1. The number of carbonyl (C=O) groups excluding carboxylic acids is 1. The van der Waals surface area contributed by atoms with Crippen molar-refractivity contribution in [2.45, 2.75) is 38.2 Å². The highest BCUT2D eigenvalue weighted by Gasteiger charge is 2.27. The number of anilines is 2. The minimum atomic E-state index is -0.746. The van der Waals surface area contributed by atoms with Gasteiger partial charge in [-0.3, -0.25) is 9.59 Å². The van der Waals surface area contributed by atoms with Gasteiger partial charge in [0.2, 0.25) is 11.7 Å². The van der Waals surface area contributed by atoms with Crippen molar-refractivity contribution < 1.29 is 23.8 Å². The van der Waals surface area contributed by atoms with Crippen LogP contribution in [0.2, 0.25) is 5.02 Å². The van der Waals surface area contributed by atoms with E-state index in [2.05, 4.69) is 20.5 Å². The molecule has 0 amide bonds. The lowest BCUT2D eigenvalue weighted by Crippen LogP contribution is -2.28. The molecule has 1 saturated carbocycles. The number of aromatic nitrogens is 3. The molecule has 1 aromatic carbocycles. The molecule has 10 heteroatoms. The molecular weight excluding hydrogens is 436 g/mol. The van der Waals surface area contributed by atoms with Gasteiger partial charge in [0.05, 0.1) is 5.92 Å². The van der Waals surface area contributed by atoms with Crippen LogP contribution in [0, 0.1) is 5.92 Å². The molecule has 0 atom stereocenters. The first-order valence-electron chi connectivity index (χ1n) is 10.2. The summed E-state index contributed by atoms with van der Waals surface area (Å²) in [6, 6.07) is 10.5. The molecule has 2 aromatic heterocycles. The van der Waals surface area contributed by atoms with Crippen LogP contribution in [0.25, 0.3) is 0 Å². The molecule has 3 aromatic rings. The summed E-state index contributed by atoms with van der Waals surface area (Å²) in [6.07, 6.45) is 4.14. The lowest BCUT2D eigenvalue weighted by Gasteiger charge is -2.26. The lowest BCUT2D eigenvalue weighted by molar-refractivity contribution is -0.143. The van der Waals surface area contributed by atoms with E-state index in [4.69, 9.17) is 25.9 Å². The van der Waals surface area contributed by atoms with E-state index in [1.807, 2.05) is 0 Å². The number of carboxylic acid groups (broad SMARTS) is 1. The molecule has 1 aliphatic rings. The van der Waals surface area contributed by atoms with Gasteiger partial charge in [0, 0.05) is 29.4 Å². The Labute approximate surface area is 188 Å². The summed E-state index contributed by atoms with van der Waals surface area (Å²) in [5, 5.41) is 20.2. The maximum absolute atomic E-state index is 12.5. The van der Waals surface area contributed by atoms with E-state index in [0.717, 1.165) is 0 Å². The second-order valence-corrected chi connectivity index (χ2v) is 8.02. The highest BCUT2D eigenvalue weighted by atomic mass is 35.5. The molecule has 166 valence electrons. The summed E-state index contributed by atoms with van der Waals surface area (Å²) in [5.74, 6) is -1.03. The third-order valence-corrected chi connectivity index (χ3v) is 5.45. The molecule has 0 bridgehead atoms. The summed E-state index contributed by atoms with van der Waals surface area (Å²) in [5.41, 5.74) is 1.34. The van der Waals surface area contributed by atoms with E-state index < -0.39 is 5.97 Å². The molecule has 1 fully saturated rings. The number of carboxylic acids is 1. The van der Waals surface area contributed by atoms with E-state index in [-0.39, 0.29) is 36.1 Å². The zero-order valence-electron chi connectivity index (χ0n) is 17.0. The number of pyridine rings is 1. The number of hydrogen-bond acceptors (Lipinski definition) is 8. The Morgan fingerprint density at radius 3 is 2.66 bits per heavy atom. The fourth-order valence-corrected chi connectivity index (χ4v) is 3.71. The number of Topliss-reactive ketones (excluding diaryl/α,β-unsaturated/α-hetero) is 1. The first kappa shape index (κ1) is 21.8. The average Bonchev–Trinajstić information content (AvgIpc) is 3.24. The zero-order valence-corrected chi connectivity index (χ0v) is 17.8. The molecule has 4 rings (SSSR count). The highest BCUT2D eigenvalue weighted by molar-refractivity contribution is 6.30. The van der Waals surface area contributed by atoms with Crippen LogP contribution in [0.4, 0.5) is 11.7 Å². The predicted octanol–water partition coefficient (Wildman–Crippen LogP) is 4.31. The smallest absolute Gasteiger partial charge is 0.320 e. The second-order valence-electron chi connectivity index (χ2n) is 7.58. The fourth-order valence-electron chi connectivity index (χ4n) is 3.52. The molecule has 0 radical (unpaired) electrons. The minimum absolute atomic E-state index is 0.0469. The van der Waals surface area contributed by atoms with Crippen molar-refractivity contribution in [3.63, 3.8) is 0 Å². The quantitative estimate of drug-likeness (QED) is 0.476. The third-order valence-electron chi connectivity index (χ3n) is 5.21. The Kier molecular flexibility index (Phi) is 6.65. The van der Waals surface area contributed by atoms with Crippen molar-refractivity contribution in [3.8, 4) is 5.88 Å². The molecule has 32 heavy (non-hydrogen) atoms. The highest BCUT2D eigenvalue weighted by Crippen LogP contribution is 2.27. The second kappa shape index (κ2) is 9.78. The maximum Gasteiger partial charge on any atom is 0.320 e. The monoisotopic (exact) mass is 456 g/mol. The SMILES string of the molecule is O=C(Cc1ccc(OC2CCC(C(=O)O)CC2)nc1)c1nnc(Nc2cccc(Cl)c2)o1. The first-order valence-corrected chi connectivity index (χ1v) is 10.6. The molecule has 0 unspecified atom stereocenters. The Morgan fingerprint density at radius 2 is 1.97 bits per heavy atom. The number of hydrogen-bond donors (Lipinski definition) is 2. The number of carbonyl (C=O) groups is 2. The number of benzene rings is 1. The van der Waals surface area contributed by atoms with Crippen molar-refractivity contribution in [3.05, 3.63) is 59.1 Å². The van der Waals surface area contributed by atoms with Crippen LogP contribution >= 0.6 is 11.6 Å². The predicted molar refractivity (Wildman–Crippen MR) is 115 cm³/mol. The normalized spacial score (nSPS) is 18.2. The third kappa shape index (κ3) is 5.61. The van der Waals surface area contributed by atoms with Gasteiger partial charge in [0.1, 0.15) is 6.10 Å². The van der Waals surface area contributed by atoms with Crippen LogP contribution in [-0.4, -0.2) is 38.1 Å². The van der Waals surface area contributed by atoms with Crippen LogP contribution in [0.1, 0.15) is 41.9 Å². The van der Waals surface area contributed by atoms with Gasteiger partial charge < -0.3 is 19.6 Å². The van der Waals surface area contributed by atoms with Crippen molar-refractivity contribution in [1.82, 2.24) is 15.2 Å². The van der Waals surface area contributed by atoms with Crippen LogP contribution in [0.5, 0.6) is 5.88 Å². The molecule has 9 nitrogen and oxygen atoms in total. The summed E-state index contributed by atoms with van der Waals surface area (Å²) >= 11 is 5.94. The van der Waals surface area contributed by atoms with Gasteiger partial charge in [-0.15, -0.1) is 5.10 Å². The summed E-state index contributed by atoms with van der Waals surface area (Å²) in [7, 11) is 0. The van der Waals surface area contributed by atoms with Gasteiger partial charge in [-0.2, -0.15) is 0 Å². The van der Waals surface area contributed by atoms with Crippen molar-refractivity contribution >= 4 is 35.1 Å². The van der Waals surface area contributed by atoms with Crippen LogP contribution in [0.15, 0.2) is 47.0 Å². The van der Waals surface area contributed by atoms with Crippen LogP contribution < -0.4 is 10.1 Å². The molecule has 0 aliphatic heterocycles. The largest absolute Gasteiger partial charge is 0.481 e. The number of halogens is 1. The molecule has 2 heterocycles. The Hall–Kier alpha value is -3.46. The number of nitrogens with zero attached hydrogens (tertiary/aromatic N) is 3. The topological polar surface area (TPSA) is 127 Å². The van der Waals surface area contributed by atoms with Gasteiger partial charge in [-0.25, -0.2) is 4.98 Å². The number of ether oxygens (including phenoxy) is 1. The van der Waals surface area contributed by atoms with E-state index in [1.165, 1.54) is 0 Å². The summed E-state index contributed by atoms with van der Waals surface area (Å²) in [4.78, 5) is 27.8. The van der Waals surface area contributed by atoms with Crippen LogP contribution in [0.3, 0.4) is 0 Å². The van der Waals surface area contributed by atoms with E-state index in [1.54, 1.807) is 42.6 Å². The summed E-state index contributed by atoms with van der Waals surface area (Å²) in [6.45, 7) is 0. The average molecular weight is 457 g/mol. The Bertz CT molecular complexity index is 1090. The van der Waals surface area contributed by atoms with E-state index in [0.29, 0.717) is 47.8 Å². The van der Waals surface area contributed by atoms with Crippen molar-refractivity contribution in [2.75, 3.05) is 5.32 Å². The lowest BCUT2D eigenvalue weighted by atomic mass is 9.87. The van der Waals surface area contributed by atoms with Crippen LogP contribution in [-0.2, 0) is 11.2 Å². The van der Waals surface area contributed by atoms with Gasteiger partial charge in [-0.05, 0) is 49.4 Å². The van der Waals surface area contributed by atoms with Gasteiger partial charge in [0.15, 0.2) is 0 Å². The fraction of sp³-hybridized carbons (Fsp3) is 0.318. The first-order chi connectivity index (χ1) is 15.5. The number of rotatable bonds is 8. The molecule has 0 spiro atoms. The van der Waals surface area contributed by atoms with Gasteiger partial charge >= 0.3 is 12.0 Å². The van der Waals surface area contributed by atoms with Crippen molar-refractivity contribution in [2.24, 2.45) is 5.92 Å². The van der Waals surface area contributed by atoms with Gasteiger partial charge in [0.25, 0.3) is 5.89 Å². The Morgan fingerprint density at radius 1 is 1.16 bits per heavy atom. The summed E-state index contributed by atoms with van der Waals surface area (Å²) < 4.78 is 11.2. The number of nitrogens with one attached hydrogen (secondary N) is 1. The van der Waals surface area contributed by atoms with E-state index >= 15 is 0 Å². The molecular formula is C22H21ClN4O5. The molecule has 0 saturated heterocycles.